The Morgan fingerprint density at radius 2 is 2.06 bits per heavy atom. The molecule has 31 heavy (non-hydrogen) atoms. The summed E-state index contributed by atoms with van der Waals surface area (Å²) in [4.78, 5) is 16.2. The Labute approximate surface area is 182 Å². The highest BCUT2D eigenvalue weighted by molar-refractivity contribution is 6.03. The lowest BCUT2D eigenvalue weighted by Crippen LogP contribution is -2.39. The van der Waals surface area contributed by atoms with Crippen molar-refractivity contribution in [2.75, 3.05) is 26.2 Å². The molecule has 1 saturated heterocycles. The summed E-state index contributed by atoms with van der Waals surface area (Å²) >= 11 is 0. The van der Waals surface area contributed by atoms with E-state index in [2.05, 4.69) is 44.2 Å². The highest BCUT2D eigenvalue weighted by Gasteiger charge is 2.43. The number of rotatable bonds is 7. The molecule has 1 saturated carbocycles. The second kappa shape index (κ2) is 8.72. The van der Waals surface area contributed by atoms with Gasteiger partial charge in [0.1, 0.15) is 18.0 Å². The predicted octanol–water partition coefficient (Wildman–Crippen LogP) is 2.64. The molecule has 9 heteroatoms. The lowest BCUT2D eigenvalue weighted by Gasteiger charge is -2.33. The van der Waals surface area contributed by atoms with Gasteiger partial charge in [0.05, 0.1) is 25.0 Å². The Hall–Kier alpha value is -2.84. The van der Waals surface area contributed by atoms with Gasteiger partial charge in [-0.15, -0.1) is 5.10 Å². The van der Waals surface area contributed by atoms with Crippen molar-refractivity contribution in [3.63, 3.8) is 0 Å². The Morgan fingerprint density at radius 3 is 2.74 bits per heavy atom. The third kappa shape index (κ3) is 4.60. The van der Waals surface area contributed by atoms with Crippen molar-refractivity contribution < 1.29 is 4.74 Å². The van der Waals surface area contributed by atoms with Crippen LogP contribution in [0.5, 0.6) is 5.88 Å². The number of aromatic nitrogens is 5. The van der Waals surface area contributed by atoms with Crippen molar-refractivity contribution >= 4 is 11.7 Å². The normalized spacial score (nSPS) is 23.8. The van der Waals surface area contributed by atoms with Crippen LogP contribution in [0.2, 0.25) is 0 Å². The molecule has 0 bridgehead atoms. The third-order valence-corrected chi connectivity index (χ3v) is 6.70. The minimum Gasteiger partial charge on any atom is -0.478 e. The van der Waals surface area contributed by atoms with E-state index in [0.717, 1.165) is 61.9 Å². The molecule has 2 aliphatic heterocycles. The summed E-state index contributed by atoms with van der Waals surface area (Å²) in [5, 5.41) is 11.1. The van der Waals surface area contributed by atoms with Crippen LogP contribution in [-0.2, 0) is 0 Å². The highest BCUT2D eigenvalue weighted by atomic mass is 16.5. The van der Waals surface area contributed by atoms with Gasteiger partial charge in [-0.2, -0.15) is 4.68 Å². The fourth-order valence-electron chi connectivity index (χ4n) is 4.79. The second-order valence-corrected chi connectivity index (χ2v) is 9.09. The maximum atomic E-state index is 5.87. The van der Waals surface area contributed by atoms with Crippen LogP contribution in [0.4, 0.5) is 0 Å². The second-order valence-electron chi connectivity index (χ2n) is 9.09. The standard InChI is InChI=1S/C22H30N8O/c1-15(2)22-24-13-20(26-22)29-8-5-16(6-9-29)19-11-17(19)7-10-31-21-4-3-18(12-23-21)30-14-25-27-28-30/h3-4,12,14-17,19H,5-11,13H2,1-2H3/t17-,19-/m1/s1. The van der Waals surface area contributed by atoms with Crippen LogP contribution in [0, 0.1) is 23.7 Å². The molecule has 0 amide bonds. The van der Waals surface area contributed by atoms with Crippen LogP contribution in [0.25, 0.3) is 5.69 Å². The van der Waals surface area contributed by atoms with Gasteiger partial charge >= 0.3 is 0 Å². The van der Waals surface area contributed by atoms with Gasteiger partial charge in [-0.1, -0.05) is 13.8 Å². The highest BCUT2D eigenvalue weighted by Crippen LogP contribution is 2.49. The first-order valence-electron chi connectivity index (χ1n) is 11.4. The van der Waals surface area contributed by atoms with E-state index in [1.807, 2.05) is 12.1 Å². The molecule has 0 aromatic carbocycles. The summed E-state index contributed by atoms with van der Waals surface area (Å²) in [5.74, 6) is 5.79. The molecule has 9 nitrogen and oxygen atoms in total. The molecule has 3 aliphatic rings. The topological polar surface area (TPSA) is 93.7 Å². The molecule has 0 spiro atoms. The molecule has 1 aliphatic carbocycles. The van der Waals surface area contributed by atoms with Crippen LogP contribution in [0.1, 0.15) is 39.5 Å². The number of aliphatic imine (C=N–C) groups is 2. The van der Waals surface area contributed by atoms with E-state index in [9.17, 15) is 0 Å². The molecule has 4 heterocycles. The zero-order valence-electron chi connectivity index (χ0n) is 18.3. The monoisotopic (exact) mass is 422 g/mol. The van der Waals surface area contributed by atoms with Gasteiger partial charge in [-0.05, 0) is 59.9 Å². The van der Waals surface area contributed by atoms with Gasteiger partial charge < -0.3 is 9.64 Å². The van der Waals surface area contributed by atoms with Crippen LogP contribution >= 0.6 is 0 Å². The molecule has 5 rings (SSSR count). The van der Waals surface area contributed by atoms with E-state index >= 15 is 0 Å². The molecule has 0 unspecified atom stereocenters. The summed E-state index contributed by atoms with van der Waals surface area (Å²) in [6, 6.07) is 3.79. The average molecular weight is 423 g/mol. The van der Waals surface area contributed by atoms with Gasteiger partial charge in [-0.3, -0.25) is 4.99 Å². The molecule has 2 aromatic heterocycles. The van der Waals surface area contributed by atoms with E-state index < -0.39 is 0 Å². The number of pyridine rings is 1. The average Bonchev–Trinajstić information content (AvgIpc) is 3.19. The van der Waals surface area contributed by atoms with Crippen molar-refractivity contribution in [2.24, 2.45) is 33.7 Å². The summed E-state index contributed by atoms with van der Waals surface area (Å²) in [5.41, 5.74) is 0.821. The van der Waals surface area contributed by atoms with E-state index in [0.29, 0.717) is 11.8 Å². The molecule has 2 aromatic rings. The summed E-state index contributed by atoms with van der Waals surface area (Å²) < 4.78 is 7.45. The first-order chi connectivity index (χ1) is 15.2. The molecule has 164 valence electrons. The van der Waals surface area contributed by atoms with Crippen LogP contribution in [0.3, 0.4) is 0 Å². The van der Waals surface area contributed by atoms with Gasteiger partial charge in [0.25, 0.3) is 0 Å². The van der Waals surface area contributed by atoms with Gasteiger partial charge in [-0.25, -0.2) is 9.98 Å². The Balaban J connectivity index is 1.02. The largest absolute Gasteiger partial charge is 0.478 e. The fraction of sp³-hybridized carbons (Fsp3) is 0.636. The van der Waals surface area contributed by atoms with Crippen LogP contribution in [0.15, 0.2) is 34.6 Å². The molecule has 2 fully saturated rings. The van der Waals surface area contributed by atoms with Crippen molar-refractivity contribution in [2.45, 2.75) is 39.5 Å². The maximum Gasteiger partial charge on any atom is 0.213 e. The van der Waals surface area contributed by atoms with Gasteiger partial charge in [0.2, 0.25) is 5.88 Å². The number of tetrazole rings is 1. The van der Waals surface area contributed by atoms with Gasteiger partial charge in [0, 0.05) is 25.1 Å². The molecule has 2 atom stereocenters. The number of hydrogen-bond donors (Lipinski definition) is 0. The van der Waals surface area contributed by atoms with Crippen molar-refractivity contribution in [3.05, 3.63) is 24.7 Å². The zero-order chi connectivity index (χ0) is 21.2. The number of piperidine rings is 1. The Bertz CT molecular complexity index is 929. The first-order valence-corrected chi connectivity index (χ1v) is 11.4. The lowest BCUT2D eigenvalue weighted by molar-refractivity contribution is 0.229. The number of hydrogen-bond acceptors (Lipinski definition) is 8. The number of nitrogens with zero attached hydrogens (tertiary/aromatic N) is 8. The minimum absolute atomic E-state index is 0.420. The van der Waals surface area contributed by atoms with E-state index in [-0.39, 0.29) is 0 Å². The summed E-state index contributed by atoms with van der Waals surface area (Å²) in [6.07, 6.45) is 8.29. The Morgan fingerprint density at radius 1 is 1.19 bits per heavy atom. The SMILES string of the molecule is CC(C)C1=NCC(N2CCC([C@H]3C[C@H]3CCOc3ccc(-n4cnnn4)cn3)CC2)=N1. The molecule has 0 N–H and O–H groups in total. The Kier molecular flexibility index (Phi) is 5.65. The molecule has 0 radical (unpaired) electrons. The van der Waals surface area contributed by atoms with E-state index in [4.69, 9.17) is 9.73 Å². The van der Waals surface area contributed by atoms with Crippen LogP contribution < -0.4 is 4.74 Å². The van der Waals surface area contributed by atoms with E-state index in [1.165, 1.54) is 25.1 Å². The van der Waals surface area contributed by atoms with E-state index in [1.54, 1.807) is 17.2 Å². The fourth-order valence-corrected chi connectivity index (χ4v) is 4.79. The summed E-state index contributed by atoms with van der Waals surface area (Å²) in [6.45, 7) is 8.07. The lowest BCUT2D eigenvalue weighted by atomic mass is 9.90. The number of amidine groups is 2. The summed E-state index contributed by atoms with van der Waals surface area (Å²) in [7, 11) is 0. The van der Waals surface area contributed by atoms with Crippen LogP contribution in [-0.4, -0.2) is 68.0 Å². The van der Waals surface area contributed by atoms with Crippen molar-refractivity contribution in [1.29, 1.82) is 0 Å². The van der Waals surface area contributed by atoms with Crippen molar-refractivity contribution in [1.82, 2.24) is 30.1 Å². The quantitative estimate of drug-likeness (QED) is 0.681. The minimum atomic E-state index is 0.420. The van der Waals surface area contributed by atoms with Crippen molar-refractivity contribution in [3.8, 4) is 11.6 Å². The first kappa shape index (κ1) is 20.1. The number of ether oxygens (including phenoxy) is 1. The smallest absolute Gasteiger partial charge is 0.213 e. The predicted molar refractivity (Wildman–Crippen MR) is 118 cm³/mol. The molecular formula is C22H30N8O. The molecular weight excluding hydrogens is 392 g/mol. The zero-order valence-corrected chi connectivity index (χ0v) is 18.3. The maximum absolute atomic E-state index is 5.87. The van der Waals surface area contributed by atoms with Gasteiger partial charge in [0.15, 0.2) is 0 Å². The third-order valence-electron chi connectivity index (χ3n) is 6.70. The number of likely N-dealkylation sites (tertiary alicyclic amines) is 1.